The third-order valence-corrected chi connectivity index (χ3v) is 6.24. The SMILES string of the molecule is Cc1ccc(N(C(=O)CNC(=O)c2ccco2)C(C(=O)NC2CCCC2)c2ccc(F)cc2)cc1F. The van der Waals surface area contributed by atoms with Gasteiger partial charge in [-0.25, -0.2) is 8.78 Å². The van der Waals surface area contributed by atoms with Crippen LogP contribution in [-0.2, 0) is 9.59 Å². The van der Waals surface area contributed by atoms with Crippen LogP contribution in [0.5, 0.6) is 0 Å². The van der Waals surface area contributed by atoms with Crippen LogP contribution in [0.3, 0.4) is 0 Å². The van der Waals surface area contributed by atoms with E-state index in [0.717, 1.165) is 30.6 Å². The molecule has 1 aliphatic rings. The molecule has 1 aliphatic carbocycles. The summed E-state index contributed by atoms with van der Waals surface area (Å²) in [7, 11) is 0. The van der Waals surface area contributed by atoms with Crippen LogP contribution in [0.25, 0.3) is 0 Å². The molecular weight excluding hydrogens is 468 g/mol. The van der Waals surface area contributed by atoms with E-state index in [1.54, 1.807) is 6.92 Å². The minimum Gasteiger partial charge on any atom is -0.459 e. The van der Waals surface area contributed by atoms with Crippen molar-refractivity contribution in [1.29, 1.82) is 0 Å². The van der Waals surface area contributed by atoms with Gasteiger partial charge in [0, 0.05) is 11.7 Å². The van der Waals surface area contributed by atoms with Gasteiger partial charge in [-0.1, -0.05) is 31.0 Å². The molecule has 1 saturated carbocycles. The monoisotopic (exact) mass is 495 g/mol. The zero-order valence-electron chi connectivity index (χ0n) is 19.8. The highest BCUT2D eigenvalue weighted by molar-refractivity contribution is 6.04. The Balaban J connectivity index is 1.70. The predicted molar refractivity (Wildman–Crippen MR) is 129 cm³/mol. The largest absolute Gasteiger partial charge is 0.459 e. The van der Waals surface area contributed by atoms with Crippen LogP contribution in [0.4, 0.5) is 14.5 Å². The summed E-state index contributed by atoms with van der Waals surface area (Å²) in [6.07, 6.45) is 4.92. The Labute approximate surface area is 207 Å². The molecule has 2 aromatic carbocycles. The van der Waals surface area contributed by atoms with Gasteiger partial charge in [0.25, 0.3) is 5.91 Å². The van der Waals surface area contributed by atoms with Gasteiger partial charge in [-0.05, 0) is 67.3 Å². The second kappa shape index (κ2) is 11.2. The summed E-state index contributed by atoms with van der Waals surface area (Å²) in [6, 6.07) is 11.1. The number of furan rings is 1. The summed E-state index contributed by atoms with van der Waals surface area (Å²) in [5.74, 6) is -2.78. The maximum atomic E-state index is 14.6. The summed E-state index contributed by atoms with van der Waals surface area (Å²) in [5.41, 5.74) is 0.843. The van der Waals surface area contributed by atoms with E-state index >= 15 is 0 Å². The number of carbonyl (C=O) groups is 3. The second-order valence-corrected chi connectivity index (χ2v) is 8.80. The second-order valence-electron chi connectivity index (χ2n) is 8.80. The molecule has 4 rings (SSSR count). The van der Waals surface area contributed by atoms with Crippen molar-refractivity contribution in [2.24, 2.45) is 0 Å². The van der Waals surface area contributed by atoms with Gasteiger partial charge in [0.2, 0.25) is 11.8 Å². The molecule has 2 N–H and O–H groups in total. The van der Waals surface area contributed by atoms with E-state index in [9.17, 15) is 23.2 Å². The lowest BCUT2D eigenvalue weighted by Crippen LogP contribution is -2.49. The summed E-state index contributed by atoms with van der Waals surface area (Å²) in [6.45, 7) is 1.10. The van der Waals surface area contributed by atoms with Crippen molar-refractivity contribution in [2.45, 2.75) is 44.7 Å². The van der Waals surface area contributed by atoms with Gasteiger partial charge >= 0.3 is 0 Å². The minimum absolute atomic E-state index is 0.0183. The highest BCUT2D eigenvalue weighted by atomic mass is 19.1. The molecule has 1 heterocycles. The van der Waals surface area contributed by atoms with Crippen molar-refractivity contribution in [2.75, 3.05) is 11.4 Å². The van der Waals surface area contributed by atoms with Crippen molar-refractivity contribution >= 4 is 23.4 Å². The number of hydrogen-bond acceptors (Lipinski definition) is 4. The van der Waals surface area contributed by atoms with Crippen molar-refractivity contribution in [3.63, 3.8) is 0 Å². The number of anilines is 1. The molecule has 1 fully saturated rings. The van der Waals surface area contributed by atoms with Crippen molar-refractivity contribution in [3.8, 4) is 0 Å². The number of nitrogens with one attached hydrogen (secondary N) is 2. The molecule has 36 heavy (non-hydrogen) atoms. The quantitative estimate of drug-likeness (QED) is 0.484. The molecule has 0 radical (unpaired) electrons. The van der Waals surface area contributed by atoms with Crippen LogP contribution in [0.2, 0.25) is 0 Å². The van der Waals surface area contributed by atoms with Crippen LogP contribution in [0, 0.1) is 18.6 Å². The molecule has 3 aromatic rings. The molecule has 0 spiro atoms. The Bertz CT molecular complexity index is 1220. The number of rotatable bonds is 8. The van der Waals surface area contributed by atoms with Gasteiger partial charge in [-0.15, -0.1) is 0 Å². The molecule has 7 nitrogen and oxygen atoms in total. The first-order valence-corrected chi connectivity index (χ1v) is 11.8. The van der Waals surface area contributed by atoms with Crippen molar-refractivity contribution in [1.82, 2.24) is 10.6 Å². The average molecular weight is 496 g/mol. The molecule has 1 aromatic heterocycles. The maximum absolute atomic E-state index is 14.6. The number of amides is 3. The summed E-state index contributed by atoms with van der Waals surface area (Å²) in [5, 5.41) is 5.47. The van der Waals surface area contributed by atoms with Crippen molar-refractivity contribution < 1.29 is 27.6 Å². The van der Waals surface area contributed by atoms with Gasteiger partial charge in [0.1, 0.15) is 17.7 Å². The Kier molecular flexibility index (Phi) is 7.77. The molecule has 3 amide bonds. The van der Waals surface area contributed by atoms with Gasteiger partial charge in [-0.2, -0.15) is 0 Å². The van der Waals surface area contributed by atoms with Crippen LogP contribution in [0.1, 0.15) is 53.4 Å². The normalized spacial score (nSPS) is 14.3. The molecule has 1 unspecified atom stereocenters. The van der Waals surface area contributed by atoms with Crippen molar-refractivity contribution in [3.05, 3.63) is 89.4 Å². The van der Waals surface area contributed by atoms with E-state index in [1.165, 1.54) is 60.9 Å². The Hall–Kier alpha value is -4.01. The van der Waals surface area contributed by atoms with Crippen LogP contribution >= 0.6 is 0 Å². The third kappa shape index (κ3) is 5.79. The number of aryl methyl sites for hydroxylation is 1. The summed E-state index contributed by atoms with van der Waals surface area (Å²) in [4.78, 5) is 40.6. The lowest BCUT2D eigenvalue weighted by atomic mass is 10.0. The summed E-state index contributed by atoms with van der Waals surface area (Å²) < 4.78 is 33.4. The maximum Gasteiger partial charge on any atom is 0.287 e. The van der Waals surface area contributed by atoms with Gasteiger partial charge in [-0.3, -0.25) is 19.3 Å². The third-order valence-electron chi connectivity index (χ3n) is 6.24. The van der Waals surface area contributed by atoms with E-state index < -0.39 is 41.9 Å². The van der Waals surface area contributed by atoms with E-state index in [1.807, 2.05) is 0 Å². The summed E-state index contributed by atoms with van der Waals surface area (Å²) >= 11 is 0. The first kappa shape index (κ1) is 25.1. The Morgan fingerprint density at radius 2 is 1.78 bits per heavy atom. The number of benzene rings is 2. The number of carbonyl (C=O) groups excluding carboxylic acids is 3. The molecule has 188 valence electrons. The topological polar surface area (TPSA) is 91.7 Å². The standard InChI is InChI=1S/C27H27F2N3O4/c1-17-8-13-21(15-22(17)29)32(24(33)16-30-26(34)23-7-4-14-36-23)25(18-9-11-19(28)12-10-18)27(35)31-20-5-2-3-6-20/h4,7-15,20,25H,2-3,5-6,16H2,1H3,(H,30,34)(H,31,35). The average Bonchev–Trinajstić information content (AvgIpc) is 3.58. The Morgan fingerprint density at radius 3 is 2.42 bits per heavy atom. The first-order chi connectivity index (χ1) is 17.3. The van der Waals surface area contributed by atoms with Gasteiger partial charge in [0.15, 0.2) is 5.76 Å². The molecule has 0 saturated heterocycles. The number of nitrogens with zero attached hydrogens (tertiary/aromatic N) is 1. The lowest BCUT2D eigenvalue weighted by molar-refractivity contribution is -0.126. The molecule has 0 bridgehead atoms. The first-order valence-electron chi connectivity index (χ1n) is 11.8. The fourth-order valence-electron chi connectivity index (χ4n) is 4.32. The van der Waals surface area contributed by atoms with E-state index in [0.29, 0.717) is 11.1 Å². The van der Waals surface area contributed by atoms with E-state index in [2.05, 4.69) is 10.6 Å². The molecule has 0 aliphatic heterocycles. The predicted octanol–water partition coefficient (Wildman–Crippen LogP) is 4.43. The van der Waals surface area contributed by atoms with E-state index in [-0.39, 0.29) is 17.5 Å². The lowest BCUT2D eigenvalue weighted by Gasteiger charge is -2.32. The Morgan fingerprint density at radius 1 is 1.06 bits per heavy atom. The fraction of sp³-hybridized carbons (Fsp3) is 0.296. The van der Waals surface area contributed by atoms with Crippen LogP contribution in [-0.4, -0.2) is 30.3 Å². The number of halogens is 2. The van der Waals surface area contributed by atoms with Gasteiger partial charge in [0.05, 0.1) is 12.8 Å². The van der Waals surface area contributed by atoms with Crippen LogP contribution in [0.15, 0.2) is 65.3 Å². The molecule has 9 heteroatoms. The fourth-order valence-corrected chi connectivity index (χ4v) is 4.32. The van der Waals surface area contributed by atoms with Gasteiger partial charge < -0.3 is 15.1 Å². The molecular formula is C27H27F2N3O4. The van der Waals surface area contributed by atoms with Crippen LogP contribution < -0.4 is 15.5 Å². The molecule has 1 atom stereocenters. The van der Waals surface area contributed by atoms with E-state index in [4.69, 9.17) is 4.42 Å². The zero-order chi connectivity index (χ0) is 25.7. The zero-order valence-corrected chi connectivity index (χ0v) is 19.8. The minimum atomic E-state index is -1.22. The highest BCUT2D eigenvalue weighted by Gasteiger charge is 2.34. The highest BCUT2D eigenvalue weighted by Crippen LogP contribution is 2.30. The number of hydrogen-bond donors (Lipinski definition) is 2. The smallest absolute Gasteiger partial charge is 0.287 e.